The number of carbonyl (C=O) groups is 1. The summed E-state index contributed by atoms with van der Waals surface area (Å²) in [7, 11) is 0. The van der Waals surface area contributed by atoms with E-state index in [0.717, 1.165) is 5.56 Å². The molecule has 0 bridgehead atoms. The van der Waals surface area contributed by atoms with Gasteiger partial charge < -0.3 is 10.6 Å². The van der Waals surface area contributed by atoms with Gasteiger partial charge in [0.05, 0.1) is 5.69 Å². The van der Waals surface area contributed by atoms with Crippen molar-refractivity contribution in [2.45, 2.75) is 39.8 Å². The topological polar surface area (TPSA) is 41.1 Å². The van der Waals surface area contributed by atoms with Crippen LogP contribution in [0.15, 0.2) is 18.2 Å². The highest BCUT2D eigenvalue weighted by atomic mass is 19.1. The summed E-state index contributed by atoms with van der Waals surface area (Å²) in [4.78, 5) is 11.6. The van der Waals surface area contributed by atoms with E-state index in [9.17, 15) is 9.18 Å². The highest BCUT2D eigenvalue weighted by molar-refractivity contribution is 5.84. The molecule has 3 nitrogen and oxygen atoms in total. The minimum absolute atomic E-state index is 0.0783. The van der Waals surface area contributed by atoms with Crippen molar-refractivity contribution in [1.29, 1.82) is 0 Å². The molecule has 0 fully saturated rings. The molecule has 0 spiro atoms. The number of amides is 1. The Morgan fingerprint density at radius 1 is 1.29 bits per heavy atom. The first-order valence-electron chi connectivity index (χ1n) is 5.73. The molecule has 0 heterocycles. The summed E-state index contributed by atoms with van der Waals surface area (Å²) >= 11 is 0. The van der Waals surface area contributed by atoms with E-state index in [0.29, 0.717) is 5.69 Å². The zero-order valence-corrected chi connectivity index (χ0v) is 10.7. The van der Waals surface area contributed by atoms with E-state index >= 15 is 0 Å². The molecule has 1 aromatic rings. The maximum absolute atomic E-state index is 13.5. The van der Waals surface area contributed by atoms with Gasteiger partial charge in [0.2, 0.25) is 5.91 Å². The van der Waals surface area contributed by atoms with E-state index in [1.54, 1.807) is 19.1 Å². The fourth-order valence-corrected chi connectivity index (χ4v) is 1.45. The fourth-order valence-electron chi connectivity index (χ4n) is 1.45. The summed E-state index contributed by atoms with van der Waals surface area (Å²) in [6.07, 6.45) is 0. The predicted molar refractivity (Wildman–Crippen MR) is 67.5 cm³/mol. The zero-order valence-electron chi connectivity index (χ0n) is 10.7. The quantitative estimate of drug-likeness (QED) is 0.846. The third kappa shape index (κ3) is 4.06. The minimum atomic E-state index is -0.463. The minimum Gasteiger partial charge on any atom is -0.372 e. The molecule has 0 saturated heterocycles. The van der Waals surface area contributed by atoms with Crippen LogP contribution in [0.1, 0.15) is 26.3 Å². The smallest absolute Gasteiger partial charge is 0.242 e. The Morgan fingerprint density at radius 3 is 2.47 bits per heavy atom. The second-order valence-corrected chi connectivity index (χ2v) is 4.51. The fraction of sp³-hybridized carbons (Fsp3) is 0.462. The lowest BCUT2D eigenvalue weighted by Gasteiger charge is -2.17. The number of anilines is 1. The molecule has 0 aliphatic heterocycles. The van der Waals surface area contributed by atoms with Crippen LogP contribution in [-0.2, 0) is 4.79 Å². The van der Waals surface area contributed by atoms with Gasteiger partial charge in [-0.1, -0.05) is 6.07 Å². The SMILES string of the molecule is Cc1ccc(NC(C)C(=O)NC(C)C)c(F)c1. The van der Waals surface area contributed by atoms with E-state index in [1.165, 1.54) is 6.07 Å². The van der Waals surface area contributed by atoms with Crippen LogP contribution in [0.25, 0.3) is 0 Å². The van der Waals surface area contributed by atoms with E-state index in [4.69, 9.17) is 0 Å². The number of aryl methyl sites for hydroxylation is 1. The van der Waals surface area contributed by atoms with Crippen molar-refractivity contribution >= 4 is 11.6 Å². The summed E-state index contributed by atoms with van der Waals surface area (Å²) < 4.78 is 13.5. The third-order valence-electron chi connectivity index (χ3n) is 2.32. The van der Waals surface area contributed by atoms with Crippen molar-refractivity contribution in [3.05, 3.63) is 29.6 Å². The van der Waals surface area contributed by atoms with Gasteiger partial charge >= 0.3 is 0 Å². The Labute approximate surface area is 101 Å². The number of nitrogens with one attached hydrogen (secondary N) is 2. The first-order valence-corrected chi connectivity index (χ1v) is 5.73. The van der Waals surface area contributed by atoms with Crippen LogP contribution in [0.2, 0.25) is 0 Å². The molecule has 1 atom stereocenters. The largest absolute Gasteiger partial charge is 0.372 e. The normalized spacial score (nSPS) is 12.4. The van der Waals surface area contributed by atoms with Crippen molar-refractivity contribution in [3.63, 3.8) is 0 Å². The number of halogens is 1. The summed E-state index contributed by atoms with van der Waals surface area (Å²) in [6, 6.07) is 4.50. The lowest BCUT2D eigenvalue weighted by Crippen LogP contribution is -2.41. The molecule has 17 heavy (non-hydrogen) atoms. The second-order valence-electron chi connectivity index (χ2n) is 4.51. The molecule has 0 aromatic heterocycles. The number of hydrogen-bond donors (Lipinski definition) is 2. The molecule has 0 radical (unpaired) electrons. The van der Waals surface area contributed by atoms with Crippen LogP contribution in [0.3, 0.4) is 0 Å². The maximum Gasteiger partial charge on any atom is 0.242 e. The highest BCUT2D eigenvalue weighted by Crippen LogP contribution is 2.16. The van der Waals surface area contributed by atoms with E-state index in [-0.39, 0.29) is 17.8 Å². The van der Waals surface area contributed by atoms with E-state index < -0.39 is 6.04 Å². The van der Waals surface area contributed by atoms with Crippen LogP contribution in [0.5, 0.6) is 0 Å². The van der Waals surface area contributed by atoms with Crippen LogP contribution in [0, 0.1) is 12.7 Å². The van der Waals surface area contributed by atoms with Gasteiger partial charge in [0.15, 0.2) is 0 Å². The molecule has 0 aliphatic rings. The van der Waals surface area contributed by atoms with E-state index in [2.05, 4.69) is 10.6 Å². The lowest BCUT2D eigenvalue weighted by atomic mass is 10.2. The van der Waals surface area contributed by atoms with Gasteiger partial charge in [-0.2, -0.15) is 0 Å². The van der Waals surface area contributed by atoms with Crippen molar-refractivity contribution in [1.82, 2.24) is 5.32 Å². The average molecular weight is 238 g/mol. The van der Waals surface area contributed by atoms with Gasteiger partial charge in [-0.15, -0.1) is 0 Å². The Bertz CT molecular complexity index is 404. The second kappa shape index (κ2) is 5.66. The van der Waals surface area contributed by atoms with Crippen molar-refractivity contribution in [3.8, 4) is 0 Å². The van der Waals surface area contributed by atoms with Gasteiger partial charge in [0.25, 0.3) is 0 Å². The summed E-state index contributed by atoms with van der Waals surface area (Å²) in [5, 5.41) is 5.63. The van der Waals surface area contributed by atoms with Gasteiger partial charge in [-0.05, 0) is 45.4 Å². The van der Waals surface area contributed by atoms with Crippen LogP contribution < -0.4 is 10.6 Å². The first kappa shape index (κ1) is 13.5. The molecule has 0 aliphatic carbocycles. The van der Waals surface area contributed by atoms with Crippen LogP contribution in [0.4, 0.5) is 10.1 Å². The Morgan fingerprint density at radius 2 is 1.94 bits per heavy atom. The van der Waals surface area contributed by atoms with Gasteiger partial charge in [-0.3, -0.25) is 4.79 Å². The Kier molecular flexibility index (Phi) is 4.49. The van der Waals surface area contributed by atoms with Crippen molar-refractivity contribution < 1.29 is 9.18 Å². The molecular formula is C13H19FN2O. The lowest BCUT2D eigenvalue weighted by molar-refractivity contribution is -0.122. The van der Waals surface area contributed by atoms with Crippen molar-refractivity contribution in [2.24, 2.45) is 0 Å². The number of hydrogen-bond acceptors (Lipinski definition) is 2. The van der Waals surface area contributed by atoms with Crippen LogP contribution in [-0.4, -0.2) is 18.0 Å². The highest BCUT2D eigenvalue weighted by Gasteiger charge is 2.14. The maximum atomic E-state index is 13.5. The number of benzene rings is 1. The first-order chi connectivity index (χ1) is 7.90. The molecular weight excluding hydrogens is 219 g/mol. The standard InChI is InChI=1S/C13H19FN2O/c1-8(2)15-13(17)10(4)16-12-6-5-9(3)7-11(12)14/h5-8,10,16H,1-4H3,(H,15,17). The van der Waals surface area contributed by atoms with Crippen LogP contribution >= 0.6 is 0 Å². The molecule has 1 rings (SSSR count). The van der Waals surface area contributed by atoms with E-state index in [1.807, 2.05) is 20.8 Å². The predicted octanol–water partition coefficient (Wildman–Crippen LogP) is 2.46. The number of rotatable bonds is 4. The van der Waals surface area contributed by atoms with Gasteiger partial charge in [-0.25, -0.2) is 4.39 Å². The molecule has 1 unspecified atom stereocenters. The van der Waals surface area contributed by atoms with Crippen molar-refractivity contribution in [2.75, 3.05) is 5.32 Å². The Balaban J connectivity index is 2.67. The molecule has 0 saturated carbocycles. The van der Waals surface area contributed by atoms with Gasteiger partial charge in [0.1, 0.15) is 11.9 Å². The van der Waals surface area contributed by atoms with Gasteiger partial charge in [0, 0.05) is 6.04 Å². The average Bonchev–Trinajstić information content (AvgIpc) is 2.21. The number of carbonyl (C=O) groups excluding carboxylic acids is 1. The zero-order chi connectivity index (χ0) is 13.0. The Hall–Kier alpha value is -1.58. The molecule has 94 valence electrons. The molecule has 2 N–H and O–H groups in total. The summed E-state index contributed by atoms with van der Waals surface area (Å²) in [5.74, 6) is -0.478. The third-order valence-corrected chi connectivity index (χ3v) is 2.32. The summed E-state index contributed by atoms with van der Waals surface area (Å²) in [5.41, 5.74) is 1.20. The molecule has 1 aromatic carbocycles. The summed E-state index contributed by atoms with van der Waals surface area (Å²) in [6.45, 7) is 7.30. The molecule has 1 amide bonds. The molecule has 4 heteroatoms. The monoisotopic (exact) mass is 238 g/mol.